The highest BCUT2D eigenvalue weighted by Gasteiger charge is 2.26. The van der Waals surface area contributed by atoms with Crippen LogP contribution in [0.5, 0.6) is 0 Å². The summed E-state index contributed by atoms with van der Waals surface area (Å²) in [5, 5.41) is 8.96. The second-order valence-corrected chi connectivity index (χ2v) is 5.12. The summed E-state index contributed by atoms with van der Waals surface area (Å²) in [6, 6.07) is 6.18. The zero-order valence-corrected chi connectivity index (χ0v) is 12.5. The Hall–Kier alpha value is -2.51. The second-order valence-electron chi connectivity index (χ2n) is 5.12. The number of alkyl halides is 3. The molecule has 23 heavy (non-hydrogen) atoms. The van der Waals surface area contributed by atoms with Crippen LogP contribution < -0.4 is 10.6 Å². The molecule has 0 unspecified atom stereocenters. The molecule has 1 aromatic carbocycles. The van der Waals surface area contributed by atoms with Gasteiger partial charge in [0.25, 0.3) is 0 Å². The van der Waals surface area contributed by atoms with Crippen molar-refractivity contribution in [1.82, 2.24) is 9.78 Å². The van der Waals surface area contributed by atoms with Gasteiger partial charge < -0.3 is 10.6 Å². The SMILES string of the molecule is Cn1cc(CCC(=O)Nc2cccc(NCC(F)(F)F)c2)cn1. The van der Waals surface area contributed by atoms with E-state index in [4.69, 9.17) is 0 Å². The van der Waals surface area contributed by atoms with E-state index in [2.05, 4.69) is 15.7 Å². The van der Waals surface area contributed by atoms with Crippen LogP contribution in [0.4, 0.5) is 24.5 Å². The van der Waals surface area contributed by atoms with Gasteiger partial charge in [0, 0.05) is 31.0 Å². The van der Waals surface area contributed by atoms with Crippen molar-refractivity contribution in [2.24, 2.45) is 7.05 Å². The van der Waals surface area contributed by atoms with Gasteiger partial charge in [0.05, 0.1) is 6.20 Å². The molecule has 1 aromatic heterocycles. The lowest BCUT2D eigenvalue weighted by molar-refractivity contribution is -0.116. The van der Waals surface area contributed by atoms with Crippen LogP contribution in [0.25, 0.3) is 0 Å². The van der Waals surface area contributed by atoms with Crippen molar-refractivity contribution in [1.29, 1.82) is 0 Å². The monoisotopic (exact) mass is 326 g/mol. The van der Waals surface area contributed by atoms with Gasteiger partial charge in [-0.05, 0) is 30.2 Å². The molecule has 0 spiro atoms. The first-order valence-corrected chi connectivity index (χ1v) is 7.00. The van der Waals surface area contributed by atoms with Crippen molar-refractivity contribution in [3.63, 3.8) is 0 Å². The number of carbonyl (C=O) groups excluding carboxylic acids is 1. The highest BCUT2D eigenvalue weighted by atomic mass is 19.4. The molecule has 0 saturated heterocycles. The highest BCUT2D eigenvalue weighted by Crippen LogP contribution is 2.19. The van der Waals surface area contributed by atoms with E-state index in [-0.39, 0.29) is 12.3 Å². The lowest BCUT2D eigenvalue weighted by Gasteiger charge is -2.11. The predicted molar refractivity (Wildman–Crippen MR) is 81.1 cm³/mol. The first-order valence-electron chi connectivity index (χ1n) is 7.00. The summed E-state index contributed by atoms with van der Waals surface area (Å²) in [7, 11) is 1.79. The molecular formula is C15H17F3N4O. The number of hydrogen-bond donors (Lipinski definition) is 2. The Morgan fingerprint density at radius 3 is 2.70 bits per heavy atom. The van der Waals surface area contributed by atoms with Crippen LogP contribution in [-0.2, 0) is 18.3 Å². The third-order valence-corrected chi connectivity index (χ3v) is 3.04. The number of hydrogen-bond acceptors (Lipinski definition) is 3. The summed E-state index contributed by atoms with van der Waals surface area (Å²) in [5.41, 5.74) is 1.70. The van der Waals surface area contributed by atoms with Crippen molar-refractivity contribution >= 4 is 17.3 Å². The van der Waals surface area contributed by atoms with Crippen molar-refractivity contribution in [3.8, 4) is 0 Å². The molecule has 0 aliphatic heterocycles. The van der Waals surface area contributed by atoms with Crippen LogP contribution in [0.3, 0.4) is 0 Å². The van der Waals surface area contributed by atoms with E-state index in [1.54, 1.807) is 30.1 Å². The fourth-order valence-corrected chi connectivity index (χ4v) is 1.99. The lowest BCUT2D eigenvalue weighted by Crippen LogP contribution is -2.21. The molecule has 0 radical (unpaired) electrons. The summed E-state index contributed by atoms with van der Waals surface area (Å²) in [4.78, 5) is 11.9. The average Bonchev–Trinajstić information content (AvgIpc) is 2.88. The van der Waals surface area contributed by atoms with E-state index in [0.717, 1.165) is 5.56 Å². The van der Waals surface area contributed by atoms with Gasteiger partial charge in [0.15, 0.2) is 0 Å². The van der Waals surface area contributed by atoms with E-state index >= 15 is 0 Å². The van der Waals surface area contributed by atoms with E-state index in [1.807, 2.05) is 6.20 Å². The van der Waals surface area contributed by atoms with Gasteiger partial charge in [-0.2, -0.15) is 18.3 Å². The summed E-state index contributed by atoms with van der Waals surface area (Å²) in [6.07, 6.45) is 0.0461. The molecule has 0 aliphatic carbocycles. The summed E-state index contributed by atoms with van der Waals surface area (Å²) in [6.45, 7) is -1.12. The smallest absolute Gasteiger partial charge is 0.376 e. The Bertz CT molecular complexity index is 667. The third kappa shape index (κ3) is 6.01. The Balaban J connectivity index is 1.85. The van der Waals surface area contributed by atoms with Crippen LogP contribution >= 0.6 is 0 Å². The number of carbonyl (C=O) groups is 1. The molecule has 8 heteroatoms. The minimum Gasteiger partial charge on any atom is -0.376 e. The first-order chi connectivity index (χ1) is 10.8. The predicted octanol–water partition coefficient (Wildman–Crippen LogP) is 2.97. The van der Waals surface area contributed by atoms with Gasteiger partial charge in [0.2, 0.25) is 5.91 Å². The summed E-state index contributed by atoms with van der Waals surface area (Å²) in [5.74, 6) is -0.207. The number of anilines is 2. The molecule has 5 nitrogen and oxygen atoms in total. The van der Waals surface area contributed by atoms with Crippen molar-refractivity contribution < 1.29 is 18.0 Å². The van der Waals surface area contributed by atoms with Crippen LogP contribution in [0.15, 0.2) is 36.7 Å². The Morgan fingerprint density at radius 1 is 1.30 bits per heavy atom. The maximum atomic E-state index is 12.2. The largest absolute Gasteiger partial charge is 0.405 e. The number of halogens is 3. The quantitative estimate of drug-likeness (QED) is 0.858. The maximum absolute atomic E-state index is 12.2. The van der Waals surface area contributed by atoms with Gasteiger partial charge in [-0.3, -0.25) is 9.48 Å². The van der Waals surface area contributed by atoms with Gasteiger partial charge in [-0.25, -0.2) is 0 Å². The zero-order chi connectivity index (χ0) is 16.9. The molecule has 2 rings (SSSR count). The lowest BCUT2D eigenvalue weighted by atomic mass is 10.2. The molecule has 0 bridgehead atoms. The third-order valence-electron chi connectivity index (χ3n) is 3.04. The number of aromatic nitrogens is 2. The number of aryl methyl sites for hydroxylation is 2. The Morgan fingerprint density at radius 2 is 2.04 bits per heavy atom. The summed E-state index contributed by atoms with van der Waals surface area (Å²) >= 11 is 0. The topological polar surface area (TPSA) is 59.0 Å². The van der Waals surface area contributed by atoms with Gasteiger partial charge in [-0.15, -0.1) is 0 Å². The molecule has 0 atom stereocenters. The molecule has 2 aromatic rings. The van der Waals surface area contributed by atoms with E-state index in [0.29, 0.717) is 17.8 Å². The van der Waals surface area contributed by atoms with Crippen molar-refractivity contribution in [2.45, 2.75) is 19.0 Å². The molecule has 1 heterocycles. The molecule has 0 saturated carbocycles. The van der Waals surface area contributed by atoms with Gasteiger partial charge in [0.1, 0.15) is 6.54 Å². The molecule has 1 amide bonds. The molecule has 124 valence electrons. The standard InChI is InChI=1S/C15H17F3N4O/c1-22-9-11(8-20-22)5-6-14(23)21-13-4-2-3-12(7-13)19-10-15(16,17)18/h2-4,7-9,19H,5-6,10H2,1H3,(H,21,23). The Labute approximate surface area is 131 Å². The van der Waals surface area contributed by atoms with Crippen LogP contribution in [0.2, 0.25) is 0 Å². The minimum atomic E-state index is -4.29. The zero-order valence-electron chi connectivity index (χ0n) is 12.5. The van der Waals surface area contributed by atoms with E-state index in [9.17, 15) is 18.0 Å². The van der Waals surface area contributed by atoms with Crippen LogP contribution in [0, 0.1) is 0 Å². The average molecular weight is 326 g/mol. The number of nitrogens with one attached hydrogen (secondary N) is 2. The summed E-state index contributed by atoms with van der Waals surface area (Å²) < 4.78 is 38.2. The van der Waals surface area contributed by atoms with E-state index in [1.165, 1.54) is 12.1 Å². The van der Waals surface area contributed by atoms with Crippen molar-refractivity contribution in [2.75, 3.05) is 17.2 Å². The first kappa shape index (κ1) is 16.9. The number of rotatable bonds is 6. The fourth-order valence-electron chi connectivity index (χ4n) is 1.99. The fraction of sp³-hybridized carbons (Fsp3) is 0.333. The molecular weight excluding hydrogens is 309 g/mol. The van der Waals surface area contributed by atoms with E-state index < -0.39 is 12.7 Å². The van der Waals surface area contributed by atoms with Gasteiger partial charge >= 0.3 is 6.18 Å². The van der Waals surface area contributed by atoms with Gasteiger partial charge in [-0.1, -0.05) is 6.07 Å². The van der Waals surface area contributed by atoms with Crippen LogP contribution in [-0.4, -0.2) is 28.4 Å². The normalized spacial score (nSPS) is 11.3. The second kappa shape index (κ2) is 7.17. The number of nitrogens with zero attached hydrogens (tertiary/aromatic N) is 2. The molecule has 2 N–H and O–H groups in total. The maximum Gasteiger partial charge on any atom is 0.405 e. The van der Waals surface area contributed by atoms with Crippen LogP contribution in [0.1, 0.15) is 12.0 Å². The highest BCUT2D eigenvalue weighted by molar-refractivity contribution is 5.91. The molecule has 0 aliphatic rings. The number of amides is 1. The molecule has 0 fully saturated rings. The Kier molecular flexibility index (Phi) is 5.25. The minimum absolute atomic E-state index is 0.207. The number of benzene rings is 1. The van der Waals surface area contributed by atoms with Crippen molar-refractivity contribution in [3.05, 3.63) is 42.2 Å².